The lowest BCUT2D eigenvalue weighted by molar-refractivity contribution is 0.416. The van der Waals surface area contributed by atoms with Crippen molar-refractivity contribution in [2.75, 3.05) is 12.4 Å². The van der Waals surface area contributed by atoms with Gasteiger partial charge in [0.2, 0.25) is 0 Å². The Morgan fingerprint density at radius 3 is 2.24 bits per heavy atom. The van der Waals surface area contributed by atoms with Crippen LogP contribution in [0.25, 0.3) is 0 Å². The number of methoxy groups -OCH3 is 1. The maximum absolute atomic E-state index is 9.81. The third-order valence-electron chi connectivity index (χ3n) is 3.51. The van der Waals surface area contributed by atoms with Gasteiger partial charge in [0, 0.05) is 17.6 Å². The fraction of sp³-hybridized carbons (Fsp3) is 0.294. The number of hydrogen-bond acceptors (Lipinski definition) is 3. The van der Waals surface area contributed by atoms with E-state index >= 15 is 0 Å². The van der Waals surface area contributed by atoms with Gasteiger partial charge in [0.1, 0.15) is 11.5 Å². The average molecular weight is 306 g/mol. The molecule has 0 spiro atoms. The molecule has 3 nitrogen and oxygen atoms in total. The van der Waals surface area contributed by atoms with E-state index in [1.165, 1.54) is 0 Å². The van der Waals surface area contributed by atoms with Gasteiger partial charge in [-0.25, -0.2) is 0 Å². The largest absolute Gasteiger partial charge is 0.507 e. The zero-order valence-corrected chi connectivity index (χ0v) is 13.5. The minimum atomic E-state index is 0.360. The quantitative estimate of drug-likeness (QED) is 0.868. The molecule has 112 valence electrons. The standard InChI is InChI=1S/C17H20ClNO2/c1-10-7-15(16(21-4)8-14(10)18)19-9-13-5-11(2)17(20)12(3)6-13/h5-8,19-20H,9H2,1-4H3. The third-order valence-corrected chi connectivity index (χ3v) is 3.92. The predicted octanol–water partition coefficient (Wildman–Crippen LogP) is 4.59. The second-order valence-corrected chi connectivity index (χ2v) is 5.64. The smallest absolute Gasteiger partial charge is 0.143 e. The molecule has 0 unspecified atom stereocenters. The molecular weight excluding hydrogens is 286 g/mol. The highest BCUT2D eigenvalue weighted by molar-refractivity contribution is 6.31. The summed E-state index contributed by atoms with van der Waals surface area (Å²) in [7, 11) is 1.63. The third kappa shape index (κ3) is 3.42. The van der Waals surface area contributed by atoms with Gasteiger partial charge >= 0.3 is 0 Å². The molecule has 0 fully saturated rings. The number of ether oxygens (including phenoxy) is 1. The maximum Gasteiger partial charge on any atom is 0.143 e. The molecule has 4 heteroatoms. The summed E-state index contributed by atoms with van der Waals surface area (Å²) in [6, 6.07) is 7.74. The lowest BCUT2D eigenvalue weighted by Gasteiger charge is -2.14. The molecule has 0 aliphatic heterocycles. The number of aromatic hydroxyl groups is 1. The first-order valence-corrected chi connectivity index (χ1v) is 7.17. The Morgan fingerprint density at radius 1 is 1.05 bits per heavy atom. The second-order valence-electron chi connectivity index (χ2n) is 5.23. The van der Waals surface area contributed by atoms with Crippen LogP contribution in [-0.2, 0) is 6.54 Å². The molecule has 21 heavy (non-hydrogen) atoms. The van der Waals surface area contributed by atoms with Crippen LogP contribution in [0.1, 0.15) is 22.3 Å². The number of phenols is 1. The van der Waals surface area contributed by atoms with E-state index in [9.17, 15) is 5.11 Å². The fourth-order valence-corrected chi connectivity index (χ4v) is 2.47. The van der Waals surface area contributed by atoms with Crippen molar-refractivity contribution in [2.24, 2.45) is 0 Å². The van der Waals surface area contributed by atoms with Crippen molar-refractivity contribution in [3.63, 3.8) is 0 Å². The van der Waals surface area contributed by atoms with Crippen LogP contribution in [0, 0.1) is 20.8 Å². The lowest BCUT2D eigenvalue weighted by atomic mass is 10.1. The van der Waals surface area contributed by atoms with Crippen LogP contribution in [-0.4, -0.2) is 12.2 Å². The molecule has 0 bridgehead atoms. The summed E-state index contributed by atoms with van der Waals surface area (Å²) < 4.78 is 5.35. The number of phenolic OH excluding ortho intramolecular Hbond substituents is 1. The first-order chi connectivity index (χ1) is 9.92. The Bertz CT molecular complexity index is 645. The molecule has 0 saturated heterocycles. The molecule has 0 aromatic heterocycles. The summed E-state index contributed by atoms with van der Waals surface area (Å²) in [5.74, 6) is 1.08. The molecule has 0 aliphatic carbocycles. The normalized spacial score (nSPS) is 10.5. The summed E-state index contributed by atoms with van der Waals surface area (Å²) in [6.45, 7) is 6.42. The van der Waals surface area contributed by atoms with E-state index < -0.39 is 0 Å². The summed E-state index contributed by atoms with van der Waals surface area (Å²) in [6.07, 6.45) is 0. The van der Waals surface area contributed by atoms with E-state index in [0.717, 1.165) is 33.7 Å². The molecule has 0 saturated carbocycles. The first kappa shape index (κ1) is 15.5. The Morgan fingerprint density at radius 2 is 1.67 bits per heavy atom. The Hall–Kier alpha value is -1.87. The summed E-state index contributed by atoms with van der Waals surface area (Å²) in [5, 5.41) is 13.9. The van der Waals surface area contributed by atoms with Crippen molar-refractivity contribution in [3.8, 4) is 11.5 Å². The molecule has 0 aliphatic rings. The predicted molar refractivity (Wildman–Crippen MR) is 87.6 cm³/mol. The highest BCUT2D eigenvalue weighted by Crippen LogP contribution is 2.31. The monoisotopic (exact) mass is 305 g/mol. The zero-order valence-electron chi connectivity index (χ0n) is 12.7. The van der Waals surface area contributed by atoms with Crippen LogP contribution in [0.3, 0.4) is 0 Å². The zero-order chi connectivity index (χ0) is 15.6. The van der Waals surface area contributed by atoms with E-state index in [-0.39, 0.29) is 0 Å². The number of benzene rings is 2. The van der Waals surface area contributed by atoms with Crippen molar-refractivity contribution in [1.82, 2.24) is 0 Å². The summed E-state index contributed by atoms with van der Waals surface area (Å²) >= 11 is 6.11. The van der Waals surface area contributed by atoms with E-state index in [1.807, 2.05) is 45.0 Å². The topological polar surface area (TPSA) is 41.5 Å². The first-order valence-electron chi connectivity index (χ1n) is 6.79. The van der Waals surface area contributed by atoms with Gasteiger partial charge in [0.15, 0.2) is 0 Å². The number of aryl methyl sites for hydroxylation is 3. The fourth-order valence-electron chi connectivity index (χ4n) is 2.32. The van der Waals surface area contributed by atoms with E-state index in [2.05, 4.69) is 5.32 Å². The van der Waals surface area contributed by atoms with Gasteiger partial charge in [0.25, 0.3) is 0 Å². The van der Waals surface area contributed by atoms with Crippen molar-refractivity contribution in [3.05, 3.63) is 51.5 Å². The summed E-state index contributed by atoms with van der Waals surface area (Å²) in [4.78, 5) is 0. The Balaban J connectivity index is 2.22. The van der Waals surface area contributed by atoms with Crippen molar-refractivity contribution in [2.45, 2.75) is 27.3 Å². The van der Waals surface area contributed by atoms with Crippen LogP contribution in [0.15, 0.2) is 24.3 Å². The van der Waals surface area contributed by atoms with Crippen LogP contribution < -0.4 is 10.1 Å². The van der Waals surface area contributed by atoms with Gasteiger partial charge in [-0.15, -0.1) is 0 Å². The molecule has 2 rings (SSSR count). The van der Waals surface area contributed by atoms with Gasteiger partial charge in [-0.1, -0.05) is 23.7 Å². The van der Waals surface area contributed by atoms with E-state index in [0.29, 0.717) is 17.3 Å². The molecule has 2 aromatic carbocycles. The molecule has 2 aromatic rings. The minimum absolute atomic E-state index is 0.360. The van der Waals surface area contributed by atoms with Crippen molar-refractivity contribution in [1.29, 1.82) is 0 Å². The number of rotatable bonds is 4. The van der Waals surface area contributed by atoms with Gasteiger partial charge in [-0.3, -0.25) is 0 Å². The maximum atomic E-state index is 9.81. The lowest BCUT2D eigenvalue weighted by Crippen LogP contribution is -2.03. The molecule has 0 amide bonds. The number of halogens is 1. The highest BCUT2D eigenvalue weighted by Gasteiger charge is 2.08. The van der Waals surface area contributed by atoms with E-state index in [1.54, 1.807) is 7.11 Å². The average Bonchev–Trinajstić information content (AvgIpc) is 2.45. The SMILES string of the molecule is COc1cc(Cl)c(C)cc1NCc1cc(C)c(O)c(C)c1. The second kappa shape index (κ2) is 6.27. The number of nitrogens with one attached hydrogen (secondary N) is 1. The number of anilines is 1. The summed E-state index contributed by atoms with van der Waals surface area (Å²) in [5.41, 5.74) is 4.77. The molecule has 2 N–H and O–H groups in total. The van der Waals surface area contributed by atoms with Gasteiger partial charge < -0.3 is 15.2 Å². The Labute approximate surface area is 130 Å². The highest BCUT2D eigenvalue weighted by atomic mass is 35.5. The molecular formula is C17H20ClNO2. The van der Waals surface area contributed by atoms with E-state index in [4.69, 9.17) is 16.3 Å². The molecule has 0 heterocycles. The minimum Gasteiger partial charge on any atom is -0.507 e. The van der Waals surface area contributed by atoms with Gasteiger partial charge in [-0.2, -0.15) is 0 Å². The Kier molecular flexibility index (Phi) is 4.63. The van der Waals surface area contributed by atoms with Crippen LogP contribution >= 0.6 is 11.6 Å². The van der Waals surface area contributed by atoms with Gasteiger partial charge in [0.05, 0.1) is 12.8 Å². The molecule has 0 atom stereocenters. The number of hydrogen-bond donors (Lipinski definition) is 2. The van der Waals surface area contributed by atoms with Crippen LogP contribution in [0.5, 0.6) is 11.5 Å². The van der Waals surface area contributed by atoms with Crippen molar-refractivity contribution < 1.29 is 9.84 Å². The van der Waals surface area contributed by atoms with Crippen LogP contribution in [0.4, 0.5) is 5.69 Å². The van der Waals surface area contributed by atoms with Crippen LogP contribution in [0.2, 0.25) is 5.02 Å². The molecule has 0 radical (unpaired) electrons. The van der Waals surface area contributed by atoms with Crippen molar-refractivity contribution >= 4 is 17.3 Å². The van der Waals surface area contributed by atoms with Gasteiger partial charge in [-0.05, 0) is 49.1 Å².